The molecule has 6 nitrogen and oxygen atoms in total. The van der Waals surface area contributed by atoms with Crippen LogP contribution in [0.3, 0.4) is 0 Å². The van der Waals surface area contributed by atoms with Gasteiger partial charge in [-0.2, -0.15) is 5.10 Å². The minimum absolute atomic E-state index is 0.156. The fourth-order valence-electron chi connectivity index (χ4n) is 1.59. The molecule has 0 unspecified atom stereocenters. The summed E-state index contributed by atoms with van der Waals surface area (Å²) in [6, 6.07) is 8.45. The molecule has 0 saturated carbocycles. The first kappa shape index (κ1) is 14.9. The number of halogens is 1. The zero-order valence-corrected chi connectivity index (χ0v) is 12.0. The van der Waals surface area contributed by atoms with Gasteiger partial charge in [0.2, 0.25) is 0 Å². The topological polar surface area (TPSA) is 75.8 Å². The molecular formula is C14H14ClN3O3. The van der Waals surface area contributed by atoms with Crippen LogP contribution in [0.2, 0.25) is 5.02 Å². The van der Waals surface area contributed by atoms with Gasteiger partial charge in [-0.3, -0.25) is 5.43 Å². The number of carbonyl (C=O) groups is 1. The number of aromatic nitrogens is 1. The maximum absolute atomic E-state index is 11.8. The van der Waals surface area contributed by atoms with E-state index in [1.165, 1.54) is 18.5 Å². The van der Waals surface area contributed by atoms with E-state index in [1.54, 1.807) is 31.2 Å². The van der Waals surface area contributed by atoms with Crippen LogP contribution in [0, 0.1) is 0 Å². The van der Waals surface area contributed by atoms with Crippen LogP contribution in [0.4, 0.5) is 5.69 Å². The second-order valence-corrected chi connectivity index (χ2v) is 4.51. The summed E-state index contributed by atoms with van der Waals surface area (Å²) in [7, 11) is 0. The number of carbonyl (C=O) groups excluding carboxylic acids is 1. The maximum Gasteiger partial charge on any atom is 0.342 e. The highest BCUT2D eigenvalue weighted by molar-refractivity contribution is 6.30. The van der Waals surface area contributed by atoms with Gasteiger partial charge in [0.1, 0.15) is 10.9 Å². The summed E-state index contributed by atoms with van der Waals surface area (Å²) in [5, 5.41) is 14.5. The van der Waals surface area contributed by atoms with Gasteiger partial charge >= 0.3 is 5.97 Å². The quantitative estimate of drug-likeness (QED) is 0.517. The maximum atomic E-state index is 11.8. The standard InChI is InChI=1S/C14H14ClN3O3/c1-2-21-14(19)12-9-18(20)8-7-13(12)17-16-11-5-3-10(15)4-6-11/h3-9,16,20H,2H2,1H3/b17-13-. The van der Waals surface area contributed by atoms with E-state index in [4.69, 9.17) is 16.3 Å². The van der Waals surface area contributed by atoms with E-state index >= 15 is 0 Å². The molecule has 0 aliphatic rings. The third-order valence-electron chi connectivity index (χ3n) is 2.57. The first-order valence-corrected chi connectivity index (χ1v) is 6.62. The zero-order valence-electron chi connectivity index (χ0n) is 11.3. The molecule has 1 heterocycles. The van der Waals surface area contributed by atoms with Crippen LogP contribution in [-0.4, -0.2) is 22.5 Å². The summed E-state index contributed by atoms with van der Waals surface area (Å²) >= 11 is 5.80. The Morgan fingerprint density at radius 2 is 2.10 bits per heavy atom. The van der Waals surface area contributed by atoms with E-state index in [-0.39, 0.29) is 12.2 Å². The Hall–Kier alpha value is -2.47. The highest BCUT2D eigenvalue weighted by Gasteiger charge is 2.10. The number of anilines is 1. The molecule has 2 rings (SSSR count). The van der Waals surface area contributed by atoms with Crippen LogP contribution in [0.15, 0.2) is 47.8 Å². The molecule has 110 valence electrons. The second-order valence-electron chi connectivity index (χ2n) is 4.07. The van der Waals surface area contributed by atoms with Crippen LogP contribution < -0.4 is 10.8 Å². The van der Waals surface area contributed by atoms with Crippen molar-refractivity contribution in [3.8, 4) is 0 Å². The summed E-state index contributed by atoms with van der Waals surface area (Å²) in [6.07, 6.45) is 2.60. The van der Waals surface area contributed by atoms with E-state index in [0.29, 0.717) is 10.4 Å². The van der Waals surface area contributed by atoms with Gasteiger partial charge in [0.15, 0.2) is 0 Å². The minimum atomic E-state index is -0.558. The molecule has 0 bridgehead atoms. The molecule has 7 heteroatoms. The van der Waals surface area contributed by atoms with Crippen LogP contribution in [-0.2, 0) is 4.74 Å². The van der Waals surface area contributed by atoms with Crippen LogP contribution in [0.25, 0.3) is 0 Å². The highest BCUT2D eigenvalue weighted by atomic mass is 35.5. The summed E-state index contributed by atoms with van der Waals surface area (Å²) in [4.78, 5) is 11.8. The summed E-state index contributed by atoms with van der Waals surface area (Å²) < 4.78 is 5.69. The molecule has 0 radical (unpaired) electrons. The molecule has 1 aromatic carbocycles. The Balaban J connectivity index is 2.31. The Kier molecular flexibility index (Phi) is 4.84. The first-order valence-electron chi connectivity index (χ1n) is 6.24. The van der Waals surface area contributed by atoms with E-state index in [1.807, 2.05) is 0 Å². The number of hydrogen-bond acceptors (Lipinski definition) is 5. The number of nitrogens with one attached hydrogen (secondary N) is 1. The molecule has 2 aromatic rings. The Morgan fingerprint density at radius 1 is 1.38 bits per heavy atom. The fourth-order valence-corrected chi connectivity index (χ4v) is 1.72. The largest absolute Gasteiger partial charge is 0.462 e. The van der Waals surface area contributed by atoms with E-state index in [0.717, 1.165) is 10.4 Å². The normalized spacial score (nSPS) is 11.2. The number of hydrogen-bond donors (Lipinski definition) is 2. The number of ether oxygens (including phenoxy) is 1. The molecule has 0 atom stereocenters. The lowest BCUT2D eigenvalue weighted by molar-refractivity contribution is 0.0519. The first-order chi connectivity index (χ1) is 10.1. The Morgan fingerprint density at radius 3 is 2.76 bits per heavy atom. The van der Waals surface area contributed by atoms with Gasteiger partial charge in [-0.25, -0.2) is 9.52 Å². The summed E-state index contributed by atoms with van der Waals surface area (Å²) in [6.45, 7) is 1.94. The van der Waals surface area contributed by atoms with Crippen molar-refractivity contribution in [3.63, 3.8) is 0 Å². The van der Waals surface area contributed by atoms with E-state index in [2.05, 4.69) is 10.5 Å². The predicted molar refractivity (Wildman–Crippen MR) is 78.2 cm³/mol. The van der Waals surface area contributed by atoms with Crippen molar-refractivity contribution in [2.75, 3.05) is 12.0 Å². The van der Waals surface area contributed by atoms with Gasteiger partial charge in [-0.1, -0.05) is 11.6 Å². The minimum Gasteiger partial charge on any atom is -0.462 e. The monoisotopic (exact) mass is 307 g/mol. The number of benzene rings is 1. The highest BCUT2D eigenvalue weighted by Crippen LogP contribution is 2.12. The van der Waals surface area contributed by atoms with E-state index in [9.17, 15) is 10.0 Å². The molecule has 0 saturated heterocycles. The van der Waals surface area contributed by atoms with Crippen molar-refractivity contribution >= 4 is 23.3 Å². The lowest BCUT2D eigenvalue weighted by Gasteiger charge is -2.05. The summed E-state index contributed by atoms with van der Waals surface area (Å²) in [5.41, 5.74) is 3.69. The molecular weight excluding hydrogens is 294 g/mol. The van der Waals surface area contributed by atoms with Crippen LogP contribution in [0.1, 0.15) is 17.3 Å². The molecule has 0 aliphatic carbocycles. The van der Waals surface area contributed by atoms with Crippen LogP contribution in [0.5, 0.6) is 0 Å². The molecule has 0 aliphatic heterocycles. The number of rotatable bonds is 4. The van der Waals surface area contributed by atoms with Crippen LogP contribution >= 0.6 is 11.6 Å². The third kappa shape index (κ3) is 4.00. The molecule has 0 amide bonds. The van der Waals surface area contributed by atoms with Gasteiger partial charge in [0.25, 0.3) is 0 Å². The van der Waals surface area contributed by atoms with Gasteiger partial charge in [0.05, 0.1) is 18.5 Å². The van der Waals surface area contributed by atoms with Crippen molar-refractivity contribution in [1.29, 1.82) is 0 Å². The van der Waals surface area contributed by atoms with E-state index < -0.39 is 5.97 Å². The Labute approximate surface area is 126 Å². The lowest BCUT2D eigenvalue weighted by Crippen LogP contribution is -2.21. The molecule has 21 heavy (non-hydrogen) atoms. The molecule has 0 spiro atoms. The van der Waals surface area contributed by atoms with Crippen molar-refractivity contribution in [2.45, 2.75) is 6.92 Å². The van der Waals surface area contributed by atoms with Gasteiger partial charge in [0, 0.05) is 11.2 Å². The summed E-state index contributed by atoms with van der Waals surface area (Å²) in [5.74, 6) is -0.558. The zero-order chi connectivity index (χ0) is 15.2. The van der Waals surface area contributed by atoms with Crippen molar-refractivity contribution in [1.82, 2.24) is 4.73 Å². The molecule has 1 aromatic heterocycles. The third-order valence-corrected chi connectivity index (χ3v) is 2.82. The number of esters is 1. The van der Waals surface area contributed by atoms with Gasteiger partial charge in [-0.15, -0.1) is 0 Å². The Bertz CT molecular complexity index is 695. The average Bonchev–Trinajstić information content (AvgIpc) is 2.48. The second kappa shape index (κ2) is 6.81. The van der Waals surface area contributed by atoms with Crippen molar-refractivity contribution in [2.24, 2.45) is 5.10 Å². The smallest absolute Gasteiger partial charge is 0.342 e. The van der Waals surface area contributed by atoms with Gasteiger partial charge in [-0.05, 0) is 37.3 Å². The SMILES string of the molecule is CCOC(=O)c1cn(O)cc/c1=N/Nc1ccc(Cl)cc1. The van der Waals surface area contributed by atoms with Crippen molar-refractivity contribution < 1.29 is 14.7 Å². The number of nitrogens with zero attached hydrogens (tertiary/aromatic N) is 2. The molecule has 0 fully saturated rings. The molecule has 2 N–H and O–H groups in total. The number of pyridine rings is 1. The fraction of sp³-hybridized carbons (Fsp3) is 0.143. The van der Waals surface area contributed by atoms with Crippen molar-refractivity contribution in [3.05, 3.63) is 58.7 Å². The van der Waals surface area contributed by atoms with Gasteiger partial charge < -0.3 is 9.94 Å². The average molecular weight is 308 g/mol. The predicted octanol–water partition coefficient (Wildman–Crippen LogP) is 2.48. The lowest BCUT2D eigenvalue weighted by atomic mass is 10.3.